The number of nitrogens with one attached hydrogen (secondary N) is 2. The van der Waals surface area contributed by atoms with Crippen LogP contribution < -0.4 is 5.32 Å². The van der Waals surface area contributed by atoms with Crippen molar-refractivity contribution >= 4 is 5.91 Å². The Labute approximate surface area is 126 Å². The Kier molecular flexibility index (Phi) is 3.74. The van der Waals surface area contributed by atoms with Gasteiger partial charge in [0.1, 0.15) is 23.4 Å². The first-order valence-corrected chi connectivity index (χ1v) is 6.82. The van der Waals surface area contributed by atoms with Gasteiger partial charge in [-0.25, -0.2) is 9.37 Å². The average molecular weight is 298 g/mol. The number of halogens is 1. The molecular formula is C16H15FN4O. The van der Waals surface area contributed by atoms with Crippen molar-refractivity contribution in [3.8, 4) is 0 Å². The Hall–Kier alpha value is -2.89. The minimum absolute atomic E-state index is 0.276. The first-order chi connectivity index (χ1) is 10.6. The van der Waals surface area contributed by atoms with Crippen LogP contribution in [0.5, 0.6) is 0 Å². The van der Waals surface area contributed by atoms with Gasteiger partial charge in [-0.2, -0.15) is 0 Å². The quantitative estimate of drug-likeness (QED) is 0.777. The summed E-state index contributed by atoms with van der Waals surface area (Å²) in [5, 5.41) is 2.89. The van der Waals surface area contributed by atoms with E-state index in [1.165, 1.54) is 12.1 Å². The van der Waals surface area contributed by atoms with E-state index < -0.39 is 6.04 Å². The van der Waals surface area contributed by atoms with Crippen LogP contribution >= 0.6 is 0 Å². The van der Waals surface area contributed by atoms with E-state index in [1.807, 2.05) is 7.05 Å². The third-order valence-corrected chi connectivity index (χ3v) is 3.42. The summed E-state index contributed by atoms with van der Waals surface area (Å²) in [6.07, 6.45) is 5.09. The van der Waals surface area contributed by atoms with E-state index in [0.717, 1.165) is 0 Å². The molecule has 0 aliphatic carbocycles. The summed E-state index contributed by atoms with van der Waals surface area (Å²) in [6, 6.07) is 9.02. The van der Waals surface area contributed by atoms with Crippen molar-refractivity contribution in [2.24, 2.45) is 7.05 Å². The Morgan fingerprint density at radius 2 is 2.23 bits per heavy atom. The molecule has 5 nitrogen and oxygen atoms in total. The summed E-state index contributed by atoms with van der Waals surface area (Å²) >= 11 is 0. The van der Waals surface area contributed by atoms with E-state index >= 15 is 0 Å². The van der Waals surface area contributed by atoms with Crippen molar-refractivity contribution in [1.29, 1.82) is 0 Å². The van der Waals surface area contributed by atoms with E-state index in [0.29, 0.717) is 17.1 Å². The Morgan fingerprint density at radius 3 is 2.86 bits per heavy atom. The normalized spacial score (nSPS) is 12.1. The topological polar surface area (TPSA) is 62.7 Å². The Morgan fingerprint density at radius 1 is 1.36 bits per heavy atom. The number of aromatic amines is 1. The lowest BCUT2D eigenvalue weighted by Gasteiger charge is -2.19. The maximum Gasteiger partial charge on any atom is 0.268 e. The summed E-state index contributed by atoms with van der Waals surface area (Å²) in [6.45, 7) is 0. The molecule has 22 heavy (non-hydrogen) atoms. The number of H-pyrrole nitrogens is 1. The number of amides is 1. The summed E-state index contributed by atoms with van der Waals surface area (Å²) in [5.41, 5.74) is 1.07. The van der Waals surface area contributed by atoms with Gasteiger partial charge in [-0.1, -0.05) is 12.1 Å². The molecule has 1 aromatic carbocycles. The zero-order valence-electron chi connectivity index (χ0n) is 12.0. The lowest BCUT2D eigenvalue weighted by atomic mass is 10.1. The maximum atomic E-state index is 13.5. The highest BCUT2D eigenvalue weighted by atomic mass is 19.1. The second-order valence-corrected chi connectivity index (χ2v) is 4.94. The molecule has 1 atom stereocenters. The van der Waals surface area contributed by atoms with Crippen molar-refractivity contribution in [2.75, 3.05) is 0 Å². The first-order valence-electron chi connectivity index (χ1n) is 6.82. The van der Waals surface area contributed by atoms with Crippen LogP contribution in [-0.2, 0) is 7.05 Å². The number of aromatic nitrogens is 3. The molecule has 0 aliphatic heterocycles. The number of imidazole rings is 1. The molecule has 2 aromatic heterocycles. The van der Waals surface area contributed by atoms with Gasteiger partial charge in [0.05, 0.1) is 0 Å². The van der Waals surface area contributed by atoms with Gasteiger partial charge < -0.3 is 14.9 Å². The second kappa shape index (κ2) is 5.85. The SMILES string of the molecule is Cn1ccnc1[C@H](NC(=O)c1ccc[nH]1)c1cccc(F)c1. The molecule has 0 bridgehead atoms. The molecule has 6 heteroatoms. The van der Waals surface area contributed by atoms with E-state index in [2.05, 4.69) is 15.3 Å². The molecule has 0 saturated carbocycles. The predicted octanol–water partition coefficient (Wildman–Crippen LogP) is 2.41. The molecule has 0 saturated heterocycles. The molecular weight excluding hydrogens is 283 g/mol. The third-order valence-electron chi connectivity index (χ3n) is 3.42. The van der Waals surface area contributed by atoms with E-state index in [1.54, 1.807) is 47.4 Å². The van der Waals surface area contributed by atoms with Crippen LogP contribution in [0.1, 0.15) is 27.9 Å². The number of rotatable bonds is 4. The highest BCUT2D eigenvalue weighted by molar-refractivity contribution is 5.92. The Bertz CT molecular complexity index is 779. The highest BCUT2D eigenvalue weighted by Gasteiger charge is 2.22. The minimum atomic E-state index is -0.536. The van der Waals surface area contributed by atoms with Gasteiger partial charge in [-0.15, -0.1) is 0 Å². The molecule has 112 valence electrons. The summed E-state index contributed by atoms with van der Waals surface area (Å²) in [7, 11) is 1.83. The first kappa shape index (κ1) is 14.1. The van der Waals surface area contributed by atoms with Gasteiger partial charge in [0.25, 0.3) is 5.91 Å². The molecule has 2 heterocycles. The number of benzene rings is 1. The summed E-state index contributed by atoms with van der Waals surface area (Å²) < 4.78 is 15.3. The molecule has 2 N–H and O–H groups in total. The highest BCUT2D eigenvalue weighted by Crippen LogP contribution is 2.21. The maximum absolute atomic E-state index is 13.5. The van der Waals surface area contributed by atoms with Crippen molar-refractivity contribution in [2.45, 2.75) is 6.04 Å². The van der Waals surface area contributed by atoms with Gasteiger partial charge in [-0.05, 0) is 29.8 Å². The largest absolute Gasteiger partial charge is 0.357 e. The lowest BCUT2D eigenvalue weighted by Crippen LogP contribution is -2.31. The van der Waals surface area contributed by atoms with E-state index in [-0.39, 0.29) is 11.7 Å². The Balaban J connectivity index is 1.97. The van der Waals surface area contributed by atoms with E-state index in [9.17, 15) is 9.18 Å². The number of aryl methyl sites for hydroxylation is 1. The van der Waals surface area contributed by atoms with Crippen LogP contribution in [0.25, 0.3) is 0 Å². The van der Waals surface area contributed by atoms with Gasteiger partial charge in [-0.3, -0.25) is 4.79 Å². The van der Waals surface area contributed by atoms with E-state index in [4.69, 9.17) is 0 Å². The molecule has 3 rings (SSSR count). The number of carbonyl (C=O) groups excluding carboxylic acids is 1. The molecule has 0 fully saturated rings. The zero-order chi connectivity index (χ0) is 15.5. The fraction of sp³-hybridized carbons (Fsp3) is 0.125. The van der Waals surface area contributed by atoms with Gasteiger partial charge in [0.15, 0.2) is 0 Å². The number of hydrogen-bond acceptors (Lipinski definition) is 2. The average Bonchev–Trinajstić information content (AvgIpc) is 3.16. The van der Waals surface area contributed by atoms with Crippen molar-refractivity contribution in [3.63, 3.8) is 0 Å². The van der Waals surface area contributed by atoms with Crippen molar-refractivity contribution < 1.29 is 9.18 Å². The lowest BCUT2D eigenvalue weighted by molar-refractivity contribution is 0.0936. The van der Waals surface area contributed by atoms with Gasteiger partial charge >= 0.3 is 0 Å². The number of carbonyl (C=O) groups is 1. The predicted molar refractivity (Wildman–Crippen MR) is 79.7 cm³/mol. The summed E-state index contributed by atoms with van der Waals surface area (Å²) in [4.78, 5) is 19.4. The van der Waals surface area contributed by atoms with Crippen molar-refractivity contribution in [1.82, 2.24) is 19.9 Å². The summed E-state index contributed by atoms with van der Waals surface area (Å²) in [5.74, 6) is -0.00130. The van der Waals surface area contributed by atoms with Crippen molar-refractivity contribution in [3.05, 3.63) is 77.9 Å². The van der Waals surface area contributed by atoms with Crippen LogP contribution in [-0.4, -0.2) is 20.4 Å². The molecule has 0 spiro atoms. The number of hydrogen-bond donors (Lipinski definition) is 2. The van der Waals surface area contributed by atoms with Crippen LogP contribution in [0.4, 0.5) is 4.39 Å². The molecule has 0 aliphatic rings. The monoisotopic (exact) mass is 298 g/mol. The molecule has 1 amide bonds. The molecule has 0 radical (unpaired) electrons. The van der Waals surface area contributed by atoms with Crippen LogP contribution in [0.15, 0.2) is 55.0 Å². The zero-order valence-corrected chi connectivity index (χ0v) is 12.0. The van der Waals surface area contributed by atoms with Gasteiger partial charge in [0.2, 0.25) is 0 Å². The molecule has 0 unspecified atom stereocenters. The fourth-order valence-corrected chi connectivity index (χ4v) is 2.32. The van der Waals surface area contributed by atoms with Crippen LogP contribution in [0.2, 0.25) is 0 Å². The minimum Gasteiger partial charge on any atom is -0.357 e. The van der Waals surface area contributed by atoms with Crippen LogP contribution in [0.3, 0.4) is 0 Å². The number of nitrogens with zero attached hydrogens (tertiary/aromatic N) is 2. The van der Waals surface area contributed by atoms with Gasteiger partial charge in [0, 0.05) is 25.6 Å². The fourth-order valence-electron chi connectivity index (χ4n) is 2.32. The smallest absolute Gasteiger partial charge is 0.268 e. The van der Waals surface area contributed by atoms with Crippen LogP contribution in [0, 0.1) is 5.82 Å². The molecule has 3 aromatic rings. The second-order valence-electron chi connectivity index (χ2n) is 4.94. The standard InChI is InChI=1S/C16H15FN4O/c1-21-9-8-19-15(21)14(11-4-2-5-12(17)10-11)20-16(22)13-6-3-7-18-13/h2-10,14,18H,1H3,(H,20,22)/t14-/m1/s1. The third kappa shape index (κ3) is 2.76.